The van der Waals surface area contributed by atoms with Gasteiger partial charge in [-0.3, -0.25) is 4.57 Å². The third kappa shape index (κ3) is 2.34. The Morgan fingerprint density at radius 3 is 2.76 bits per heavy atom. The Morgan fingerprint density at radius 1 is 1.38 bits per heavy atom. The number of imidazole rings is 1. The number of aliphatic hydroxyl groups excluding tert-OH is 3. The lowest BCUT2D eigenvalue weighted by Gasteiger charge is -2.17. The molecule has 1 fully saturated rings. The largest absolute Gasteiger partial charge is 0.395 e. The van der Waals surface area contributed by atoms with Crippen molar-refractivity contribution in [2.24, 2.45) is 0 Å². The maximum absolute atomic E-state index is 10.2. The minimum Gasteiger partial charge on any atom is -0.395 e. The van der Waals surface area contributed by atoms with E-state index in [1.807, 2.05) is 0 Å². The van der Waals surface area contributed by atoms with Crippen LogP contribution in [0.4, 0.5) is 5.82 Å². The summed E-state index contributed by atoms with van der Waals surface area (Å²) in [5, 5.41) is 31.3. The summed E-state index contributed by atoms with van der Waals surface area (Å²) < 4.78 is 1.64. The number of thioether (sulfide) groups is 1. The molecule has 0 amide bonds. The van der Waals surface area contributed by atoms with Crippen molar-refractivity contribution in [1.82, 2.24) is 19.5 Å². The van der Waals surface area contributed by atoms with Crippen molar-refractivity contribution in [3.63, 3.8) is 0 Å². The SMILES string of the molecule is CNc1nc(Cl)nc2c1ncn2C1S[C@H](CO)[C@@H](O)C1O. The van der Waals surface area contributed by atoms with Gasteiger partial charge in [-0.05, 0) is 11.6 Å². The number of aromatic nitrogens is 4. The number of anilines is 1. The Hall–Kier alpha value is -1.13. The zero-order valence-electron chi connectivity index (χ0n) is 11.0. The van der Waals surface area contributed by atoms with Crippen LogP contribution in [0.15, 0.2) is 6.33 Å². The molecule has 4 N–H and O–H groups in total. The standard InChI is InChI=1S/C11H14ClN5O3S/c1-13-8-5-9(16-11(12)15-8)17(3-14-5)10-7(20)6(19)4(2-18)21-10/h3-4,6-7,10,18-20H,2H2,1H3,(H,13,15,16)/t4-,6-,7?,10?/m1/s1. The van der Waals surface area contributed by atoms with Crippen LogP contribution in [0, 0.1) is 0 Å². The highest BCUT2D eigenvalue weighted by atomic mass is 35.5. The van der Waals surface area contributed by atoms with E-state index >= 15 is 0 Å². The second-order valence-corrected chi connectivity index (χ2v) is 6.34. The van der Waals surface area contributed by atoms with Crippen molar-refractivity contribution in [3.05, 3.63) is 11.6 Å². The second kappa shape index (κ2) is 5.58. The number of hydrogen-bond donors (Lipinski definition) is 4. The first-order valence-corrected chi connectivity index (χ1v) is 7.59. The number of aliphatic hydroxyl groups is 3. The van der Waals surface area contributed by atoms with Gasteiger partial charge in [0.15, 0.2) is 17.0 Å². The molecular formula is C11H14ClN5O3S. The summed E-state index contributed by atoms with van der Waals surface area (Å²) in [7, 11) is 1.70. The Morgan fingerprint density at radius 2 is 2.14 bits per heavy atom. The predicted molar refractivity (Wildman–Crippen MR) is 79.4 cm³/mol. The Kier molecular flexibility index (Phi) is 3.93. The monoisotopic (exact) mass is 331 g/mol. The molecule has 1 aliphatic rings. The summed E-state index contributed by atoms with van der Waals surface area (Å²) >= 11 is 7.16. The topological polar surface area (TPSA) is 116 Å². The molecule has 10 heteroatoms. The van der Waals surface area contributed by atoms with Crippen LogP contribution in [0.3, 0.4) is 0 Å². The van der Waals surface area contributed by atoms with Gasteiger partial charge in [-0.2, -0.15) is 9.97 Å². The quantitative estimate of drug-likeness (QED) is 0.574. The third-order valence-electron chi connectivity index (χ3n) is 3.42. The fraction of sp³-hybridized carbons (Fsp3) is 0.545. The molecule has 0 bridgehead atoms. The Bertz CT molecular complexity index is 669. The van der Waals surface area contributed by atoms with Gasteiger partial charge in [0, 0.05) is 7.05 Å². The van der Waals surface area contributed by atoms with E-state index in [9.17, 15) is 15.3 Å². The van der Waals surface area contributed by atoms with Crippen LogP contribution in [0.5, 0.6) is 0 Å². The van der Waals surface area contributed by atoms with Crippen LogP contribution < -0.4 is 5.32 Å². The van der Waals surface area contributed by atoms with Gasteiger partial charge in [-0.25, -0.2) is 4.98 Å². The van der Waals surface area contributed by atoms with E-state index in [0.29, 0.717) is 17.0 Å². The summed E-state index contributed by atoms with van der Waals surface area (Å²) in [4.78, 5) is 12.4. The molecule has 0 spiro atoms. The van der Waals surface area contributed by atoms with Crippen molar-refractivity contribution < 1.29 is 15.3 Å². The molecular weight excluding hydrogens is 318 g/mol. The van der Waals surface area contributed by atoms with Crippen LogP contribution in [-0.4, -0.2) is 66.0 Å². The minimum absolute atomic E-state index is 0.0605. The number of nitrogens with one attached hydrogen (secondary N) is 1. The normalized spacial score (nSPS) is 29.2. The van der Waals surface area contributed by atoms with E-state index in [1.165, 1.54) is 18.1 Å². The average molecular weight is 332 g/mol. The molecule has 114 valence electrons. The van der Waals surface area contributed by atoms with E-state index in [4.69, 9.17) is 11.6 Å². The number of halogens is 1. The summed E-state index contributed by atoms with van der Waals surface area (Å²) in [6.07, 6.45) is -0.524. The Balaban J connectivity index is 2.07. The van der Waals surface area contributed by atoms with Crippen molar-refractivity contribution in [2.45, 2.75) is 22.8 Å². The molecule has 8 nitrogen and oxygen atoms in total. The van der Waals surface area contributed by atoms with Gasteiger partial charge in [-0.15, -0.1) is 11.8 Å². The lowest BCUT2D eigenvalue weighted by molar-refractivity contribution is 0.0113. The first kappa shape index (κ1) is 14.8. The van der Waals surface area contributed by atoms with Gasteiger partial charge in [0.2, 0.25) is 5.28 Å². The van der Waals surface area contributed by atoms with Gasteiger partial charge in [-0.1, -0.05) is 0 Å². The van der Waals surface area contributed by atoms with Crippen LogP contribution in [-0.2, 0) is 0 Å². The molecule has 21 heavy (non-hydrogen) atoms. The van der Waals surface area contributed by atoms with Gasteiger partial charge in [0.25, 0.3) is 0 Å². The highest BCUT2D eigenvalue weighted by Crippen LogP contribution is 2.43. The fourth-order valence-electron chi connectivity index (χ4n) is 2.36. The van der Waals surface area contributed by atoms with Gasteiger partial charge < -0.3 is 20.6 Å². The minimum atomic E-state index is -1.03. The molecule has 0 radical (unpaired) electrons. The first-order valence-electron chi connectivity index (χ1n) is 6.27. The molecule has 0 aliphatic carbocycles. The lowest BCUT2D eigenvalue weighted by atomic mass is 10.1. The van der Waals surface area contributed by atoms with Crippen LogP contribution in [0.2, 0.25) is 5.28 Å². The summed E-state index contributed by atoms with van der Waals surface area (Å²) in [6.45, 7) is -0.219. The highest BCUT2D eigenvalue weighted by molar-refractivity contribution is 8.00. The molecule has 0 saturated carbocycles. The molecule has 2 unspecified atom stereocenters. The molecule has 2 aromatic rings. The summed E-state index contributed by atoms with van der Waals surface area (Å²) in [6, 6.07) is 0. The summed E-state index contributed by atoms with van der Waals surface area (Å²) in [5.74, 6) is 0.487. The molecule has 3 rings (SSSR count). The lowest BCUT2D eigenvalue weighted by Crippen LogP contribution is -2.32. The number of rotatable bonds is 3. The van der Waals surface area contributed by atoms with Crippen LogP contribution in [0.25, 0.3) is 11.2 Å². The van der Waals surface area contributed by atoms with E-state index in [-0.39, 0.29) is 11.9 Å². The molecule has 4 atom stereocenters. The maximum atomic E-state index is 10.2. The van der Waals surface area contributed by atoms with Crippen molar-refractivity contribution in [2.75, 3.05) is 19.0 Å². The molecule has 3 heterocycles. The summed E-state index contributed by atoms with van der Waals surface area (Å²) in [5.41, 5.74) is 0.985. The molecule has 2 aromatic heterocycles. The van der Waals surface area contributed by atoms with Crippen molar-refractivity contribution >= 4 is 40.3 Å². The van der Waals surface area contributed by atoms with E-state index in [1.54, 1.807) is 11.6 Å². The van der Waals surface area contributed by atoms with E-state index in [2.05, 4.69) is 20.3 Å². The van der Waals surface area contributed by atoms with Crippen molar-refractivity contribution in [1.29, 1.82) is 0 Å². The molecule has 1 aliphatic heterocycles. The third-order valence-corrected chi connectivity index (χ3v) is 5.15. The van der Waals surface area contributed by atoms with Crippen LogP contribution >= 0.6 is 23.4 Å². The van der Waals surface area contributed by atoms with E-state index < -0.39 is 22.8 Å². The van der Waals surface area contributed by atoms with Crippen LogP contribution in [0.1, 0.15) is 5.37 Å². The maximum Gasteiger partial charge on any atom is 0.226 e. The average Bonchev–Trinajstić information content (AvgIpc) is 3.01. The highest BCUT2D eigenvalue weighted by Gasteiger charge is 2.43. The predicted octanol–water partition coefficient (Wildman–Crippen LogP) is -0.151. The fourth-order valence-corrected chi connectivity index (χ4v) is 3.90. The number of hydrogen-bond acceptors (Lipinski definition) is 8. The van der Waals surface area contributed by atoms with Gasteiger partial charge >= 0.3 is 0 Å². The zero-order valence-corrected chi connectivity index (χ0v) is 12.6. The molecule has 0 aromatic carbocycles. The Labute approximate surface area is 129 Å². The zero-order chi connectivity index (χ0) is 15.1. The second-order valence-electron chi connectivity index (χ2n) is 4.64. The van der Waals surface area contributed by atoms with Gasteiger partial charge in [0.1, 0.15) is 11.5 Å². The first-order chi connectivity index (χ1) is 10.1. The molecule has 1 saturated heterocycles. The smallest absolute Gasteiger partial charge is 0.226 e. The van der Waals surface area contributed by atoms with Crippen molar-refractivity contribution in [3.8, 4) is 0 Å². The van der Waals surface area contributed by atoms with E-state index in [0.717, 1.165) is 0 Å². The number of nitrogens with zero attached hydrogens (tertiary/aromatic N) is 4. The number of fused-ring (bicyclic) bond motifs is 1. The van der Waals surface area contributed by atoms with Gasteiger partial charge in [0.05, 0.1) is 24.3 Å².